The third-order valence-electron chi connectivity index (χ3n) is 19.4. The molecule has 0 aromatic heterocycles. The van der Waals surface area contributed by atoms with Crippen LogP contribution in [0.2, 0.25) is 0 Å². The van der Waals surface area contributed by atoms with Crippen molar-refractivity contribution < 1.29 is 80.2 Å². The Morgan fingerprint density at radius 2 is 0.573 bits per heavy atom. The molecule has 6 atom stereocenters. The van der Waals surface area contributed by atoms with Crippen LogP contribution in [0, 0.1) is 11.8 Å². The Morgan fingerprint density at radius 3 is 0.874 bits per heavy atom. The summed E-state index contributed by atoms with van der Waals surface area (Å²) in [4.78, 5) is 73.1. The predicted octanol–water partition coefficient (Wildman–Crippen LogP) is 25.0. The van der Waals surface area contributed by atoms with Crippen LogP contribution in [-0.4, -0.2) is 96.7 Å². The maximum absolute atomic E-state index is 13.1. The predicted molar refractivity (Wildman–Crippen MR) is 423 cm³/mol. The SMILES string of the molecule is CCCCCC/C=C\C=C/CCCCCCCC(=O)O[C@H](COC(=O)CCCCCCCCCCCC(C)C)COP(=O)(O)OC[C@H](O)COP(=O)(O)OC[C@@H](COC(=O)CCCCCCCCCCCCCCCCCCCC)OC(=O)CCCCCCCCCCCCCCCCC(C)CC. The standard InChI is InChI=1S/C84H160O17P2/c1-7-10-12-14-16-18-20-22-24-25-26-28-32-36-42-48-54-60-66-81(86)94-72-79(100-84(89)69-63-57-51-44-38-34-30-29-31-35-41-47-53-59-65-77(6)9-3)74-98-102(90,91)96-70-78(85)71-97-103(92,93)99-75-80(73-95-82(87)67-61-55-49-45-39-40-46-52-58-64-76(4)5)101-83(88)68-62-56-50-43-37-33-27-23-21-19-17-15-13-11-8-2/h19,21,23,27,76-80,85H,7-18,20,22,24-26,28-75H2,1-6H3,(H,90,91)(H,92,93)/b21-19-,27-23-/t77?,78-,79-,80-/m1/s1. The second-order valence-electron chi connectivity index (χ2n) is 30.3. The smallest absolute Gasteiger partial charge is 0.462 e. The molecule has 0 bridgehead atoms. The summed E-state index contributed by atoms with van der Waals surface area (Å²) in [6.07, 6.45) is 68.7. The molecule has 0 aliphatic heterocycles. The second kappa shape index (κ2) is 75.0. The van der Waals surface area contributed by atoms with Gasteiger partial charge in [0.25, 0.3) is 0 Å². The van der Waals surface area contributed by atoms with Crippen molar-refractivity contribution in [1.29, 1.82) is 0 Å². The molecule has 0 radical (unpaired) electrons. The molecular formula is C84H160O17P2. The zero-order chi connectivity index (χ0) is 75.6. The lowest BCUT2D eigenvalue weighted by molar-refractivity contribution is -0.161. The van der Waals surface area contributed by atoms with Gasteiger partial charge in [-0.1, -0.05) is 368 Å². The number of hydrogen-bond acceptors (Lipinski definition) is 15. The molecular weight excluding hydrogens is 1340 g/mol. The van der Waals surface area contributed by atoms with E-state index in [1.54, 1.807) is 0 Å². The number of phosphoric ester groups is 2. The number of aliphatic hydroxyl groups is 1. The first kappa shape index (κ1) is 101. The highest BCUT2D eigenvalue weighted by molar-refractivity contribution is 7.47. The van der Waals surface area contributed by atoms with Crippen LogP contribution in [0.5, 0.6) is 0 Å². The minimum Gasteiger partial charge on any atom is -0.462 e. The highest BCUT2D eigenvalue weighted by atomic mass is 31.2. The minimum absolute atomic E-state index is 0.0849. The molecule has 103 heavy (non-hydrogen) atoms. The van der Waals surface area contributed by atoms with E-state index >= 15 is 0 Å². The van der Waals surface area contributed by atoms with Gasteiger partial charge in [0.15, 0.2) is 12.2 Å². The summed E-state index contributed by atoms with van der Waals surface area (Å²) in [5.74, 6) is -0.549. The van der Waals surface area contributed by atoms with Gasteiger partial charge in [-0.2, -0.15) is 0 Å². The number of aliphatic hydroxyl groups excluding tert-OH is 1. The van der Waals surface area contributed by atoms with E-state index in [0.29, 0.717) is 25.7 Å². The van der Waals surface area contributed by atoms with Gasteiger partial charge in [0.1, 0.15) is 19.3 Å². The van der Waals surface area contributed by atoms with E-state index in [2.05, 4.69) is 65.8 Å². The maximum atomic E-state index is 13.1. The Morgan fingerprint density at radius 1 is 0.320 bits per heavy atom. The van der Waals surface area contributed by atoms with Crippen LogP contribution in [0.4, 0.5) is 0 Å². The summed E-state index contributed by atoms with van der Waals surface area (Å²) in [5.41, 5.74) is 0. The fourth-order valence-electron chi connectivity index (χ4n) is 12.5. The van der Waals surface area contributed by atoms with Crippen molar-refractivity contribution >= 4 is 39.5 Å². The normalized spacial score (nSPS) is 14.3. The first-order valence-electron chi connectivity index (χ1n) is 42.8. The summed E-state index contributed by atoms with van der Waals surface area (Å²) in [5, 5.41) is 10.7. The quantitative estimate of drug-likeness (QED) is 0.0169. The second-order valence-corrected chi connectivity index (χ2v) is 33.2. The van der Waals surface area contributed by atoms with Gasteiger partial charge in [0.2, 0.25) is 0 Å². The molecule has 0 fully saturated rings. The first-order valence-corrected chi connectivity index (χ1v) is 45.8. The number of rotatable bonds is 81. The van der Waals surface area contributed by atoms with Crippen LogP contribution in [-0.2, 0) is 65.4 Å². The summed E-state index contributed by atoms with van der Waals surface area (Å²) in [6, 6.07) is 0. The number of phosphoric acid groups is 2. The summed E-state index contributed by atoms with van der Waals surface area (Å²) < 4.78 is 68.8. The van der Waals surface area contributed by atoms with Crippen molar-refractivity contribution in [3.63, 3.8) is 0 Å². The number of carbonyl (C=O) groups is 4. The van der Waals surface area contributed by atoms with Crippen molar-refractivity contribution in [3.05, 3.63) is 24.3 Å². The van der Waals surface area contributed by atoms with E-state index in [4.69, 9.17) is 37.0 Å². The molecule has 3 unspecified atom stereocenters. The number of ether oxygens (including phenoxy) is 4. The molecule has 0 aromatic carbocycles. The van der Waals surface area contributed by atoms with Gasteiger partial charge >= 0.3 is 39.5 Å². The zero-order valence-corrected chi connectivity index (χ0v) is 68.9. The van der Waals surface area contributed by atoms with Crippen LogP contribution in [0.25, 0.3) is 0 Å². The van der Waals surface area contributed by atoms with Gasteiger partial charge in [0, 0.05) is 25.7 Å². The molecule has 0 heterocycles. The third kappa shape index (κ3) is 76.1. The first-order chi connectivity index (χ1) is 49.9. The molecule has 0 saturated carbocycles. The Kier molecular flexibility index (Phi) is 73.2. The zero-order valence-electron chi connectivity index (χ0n) is 67.1. The average Bonchev–Trinajstić information content (AvgIpc) is 0.912. The van der Waals surface area contributed by atoms with Crippen LogP contribution in [0.3, 0.4) is 0 Å². The lowest BCUT2D eigenvalue weighted by Crippen LogP contribution is -2.30. The Bertz CT molecular complexity index is 2070. The summed E-state index contributed by atoms with van der Waals surface area (Å²) in [7, 11) is -9.94. The molecule has 19 heteroatoms. The molecule has 3 N–H and O–H groups in total. The number of allylic oxidation sites excluding steroid dienone is 4. The highest BCUT2D eigenvalue weighted by Gasteiger charge is 2.30. The maximum Gasteiger partial charge on any atom is 0.472 e. The molecule has 0 rings (SSSR count). The van der Waals surface area contributed by atoms with Crippen molar-refractivity contribution in [3.8, 4) is 0 Å². The number of carbonyl (C=O) groups excluding carboxylic acids is 4. The molecule has 17 nitrogen and oxygen atoms in total. The van der Waals surface area contributed by atoms with E-state index in [9.17, 15) is 43.2 Å². The highest BCUT2D eigenvalue weighted by Crippen LogP contribution is 2.45. The Balaban J connectivity index is 5.29. The molecule has 0 aliphatic rings. The minimum atomic E-state index is -4.97. The van der Waals surface area contributed by atoms with E-state index in [1.165, 1.54) is 225 Å². The molecule has 0 saturated heterocycles. The van der Waals surface area contributed by atoms with Crippen molar-refractivity contribution in [1.82, 2.24) is 0 Å². The molecule has 608 valence electrons. The van der Waals surface area contributed by atoms with Crippen molar-refractivity contribution in [2.24, 2.45) is 11.8 Å². The van der Waals surface area contributed by atoms with E-state index < -0.39 is 97.5 Å². The van der Waals surface area contributed by atoms with Gasteiger partial charge < -0.3 is 33.8 Å². The fraction of sp³-hybridized carbons (Fsp3) is 0.905. The van der Waals surface area contributed by atoms with E-state index in [-0.39, 0.29) is 25.7 Å². The summed E-state index contributed by atoms with van der Waals surface area (Å²) in [6.45, 7) is 9.62. The largest absolute Gasteiger partial charge is 0.472 e. The van der Waals surface area contributed by atoms with Crippen LogP contribution >= 0.6 is 15.6 Å². The van der Waals surface area contributed by atoms with Gasteiger partial charge in [-0.15, -0.1) is 0 Å². The van der Waals surface area contributed by atoms with Crippen LogP contribution in [0.1, 0.15) is 420 Å². The van der Waals surface area contributed by atoms with Gasteiger partial charge in [-0.3, -0.25) is 37.3 Å². The molecule has 0 aromatic rings. The molecule has 0 amide bonds. The Hall–Kier alpha value is -2.46. The van der Waals surface area contributed by atoms with Gasteiger partial charge in [-0.25, -0.2) is 9.13 Å². The average molecular weight is 1500 g/mol. The number of esters is 4. The monoisotopic (exact) mass is 1500 g/mol. The fourth-order valence-corrected chi connectivity index (χ4v) is 14.1. The van der Waals surface area contributed by atoms with Crippen LogP contribution in [0.15, 0.2) is 24.3 Å². The van der Waals surface area contributed by atoms with Crippen LogP contribution < -0.4 is 0 Å². The number of hydrogen-bond donors (Lipinski definition) is 3. The van der Waals surface area contributed by atoms with E-state index in [1.807, 2.05) is 0 Å². The lowest BCUT2D eigenvalue weighted by Gasteiger charge is -2.21. The van der Waals surface area contributed by atoms with Crippen molar-refractivity contribution in [2.75, 3.05) is 39.6 Å². The molecule has 0 aliphatic carbocycles. The lowest BCUT2D eigenvalue weighted by atomic mass is 9.99. The van der Waals surface area contributed by atoms with Gasteiger partial charge in [-0.05, 0) is 63.2 Å². The van der Waals surface area contributed by atoms with Crippen molar-refractivity contribution in [2.45, 2.75) is 439 Å². The van der Waals surface area contributed by atoms with E-state index in [0.717, 1.165) is 115 Å². The molecule has 0 spiro atoms. The Labute approximate surface area is 631 Å². The van der Waals surface area contributed by atoms with Gasteiger partial charge in [0.05, 0.1) is 26.4 Å². The number of unbranched alkanes of at least 4 members (excludes halogenated alkanes) is 47. The third-order valence-corrected chi connectivity index (χ3v) is 21.3. The summed E-state index contributed by atoms with van der Waals surface area (Å²) >= 11 is 0. The topological polar surface area (TPSA) is 237 Å².